The van der Waals surface area contributed by atoms with E-state index in [1.54, 1.807) is 19.9 Å². The Morgan fingerprint density at radius 3 is 2.12 bits per heavy atom. The molecule has 0 saturated heterocycles. The molecule has 88 valence electrons. The van der Waals surface area contributed by atoms with Crippen LogP contribution in [0.2, 0.25) is 10.3 Å². The Balaban J connectivity index is 2.60. The first kappa shape index (κ1) is 12.3. The van der Waals surface area contributed by atoms with Gasteiger partial charge in [-0.15, -0.1) is 0 Å². The van der Waals surface area contributed by atoms with Crippen LogP contribution in [0.1, 0.15) is 11.1 Å². The average molecular weight is 271 g/mol. The summed E-state index contributed by atoms with van der Waals surface area (Å²) in [5, 5.41) is 0.559. The zero-order valence-corrected chi connectivity index (χ0v) is 10.8. The van der Waals surface area contributed by atoms with Crippen molar-refractivity contribution in [1.82, 2.24) is 9.97 Å². The molecule has 0 amide bonds. The number of benzene rings is 1. The van der Waals surface area contributed by atoms with Crippen LogP contribution in [0.15, 0.2) is 18.2 Å². The minimum absolute atomic E-state index is 0.280. The van der Waals surface area contributed by atoms with E-state index in [0.29, 0.717) is 17.0 Å². The van der Waals surface area contributed by atoms with Crippen molar-refractivity contribution >= 4 is 23.2 Å². The molecule has 0 unspecified atom stereocenters. The summed E-state index contributed by atoms with van der Waals surface area (Å²) in [6, 6.07) is 4.56. The van der Waals surface area contributed by atoms with Crippen molar-refractivity contribution in [1.29, 1.82) is 0 Å². The largest absolute Gasteiger partial charge is 0.216 e. The summed E-state index contributed by atoms with van der Waals surface area (Å²) in [5.74, 6) is -0.00961. The summed E-state index contributed by atoms with van der Waals surface area (Å²) in [7, 11) is 0. The van der Waals surface area contributed by atoms with E-state index in [9.17, 15) is 4.39 Å². The normalized spacial score (nSPS) is 10.6. The summed E-state index contributed by atoms with van der Waals surface area (Å²) >= 11 is 11.8. The monoisotopic (exact) mass is 270 g/mol. The van der Waals surface area contributed by atoms with E-state index in [2.05, 4.69) is 9.97 Å². The standard InChI is InChI=1S/C12H9Cl2FN2/c1-6-3-8(5-9(15)4-6)12-16-10(13)7(2)11(14)17-12/h3-5H,1-2H3. The maximum atomic E-state index is 13.3. The van der Waals surface area contributed by atoms with E-state index in [-0.39, 0.29) is 16.1 Å². The van der Waals surface area contributed by atoms with E-state index in [1.807, 2.05) is 0 Å². The van der Waals surface area contributed by atoms with Crippen LogP contribution in [0.5, 0.6) is 0 Å². The fraction of sp³-hybridized carbons (Fsp3) is 0.167. The van der Waals surface area contributed by atoms with Crippen molar-refractivity contribution in [3.63, 3.8) is 0 Å². The van der Waals surface area contributed by atoms with Crippen LogP contribution in [-0.2, 0) is 0 Å². The van der Waals surface area contributed by atoms with Crippen LogP contribution < -0.4 is 0 Å². The molecular weight excluding hydrogens is 262 g/mol. The lowest BCUT2D eigenvalue weighted by molar-refractivity contribution is 0.627. The number of rotatable bonds is 1. The Morgan fingerprint density at radius 1 is 1.00 bits per heavy atom. The highest BCUT2D eigenvalue weighted by Gasteiger charge is 2.10. The van der Waals surface area contributed by atoms with Gasteiger partial charge in [0.1, 0.15) is 16.1 Å². The Hall–Kier alpha value is -1.19. The van der Waals surface area contributed by atoms with Gasteiger partial charge >= 0.3 is 0 Å². The molecule has 2 rings (SSSR count). The molecule has 0 N–H and O–H groups in total. The van der Waals surface area contributed by atoms with E-state index >= 15 is 0 Å². The van der Waals surface area contributed by atoms with Gasteiger partial charge in [0.25, 0.3) is 0 Å². The van der Waals surface area contributed by atoms with Crippen LogP contribution >= 0.6 is 23.2 Å². The van der Waals surface area contributed by atoms with Crippen LogP contribution in [0.4, 0.5) is 4.39 Å². The molecule has 0 aliphatic rings. The van der Waals surface area contributed by atoms with Gasteiger partial charge < -0.3 is 0 Å². The highest BCUT2D eigenvalue weighted by atomic mass is 35.5. The third-order valence-electron chi connectivity index (χ3n) is 2.33. The number of aromatic nitrogens is 2. The lowest BCUT2D eigenvalue weighted by Crippen LogP contribution is -1.95. The van der Waals surface area contributed by atoms with Crippen LogP contribution in [0.3, 0.4) is 0 Å². The van der Waals surface area contributed by atoms with Crippen molar-refractivity contribution in [3.8, 4) is 11.4 Å². The first-order valence-corrected chi connectivity index (χ1v) is 5.70. The molecule has 5 heteroatoms. The molecule has 0 fully saturated rings. The lowest BCUT2D eigenvalue weighted by atomic mass is 10.1. The first-order valence-electron chi connectivity index (χ1n) is 4.94. The van der Waals surface area contributed by atoms with Gasteiger partial charge in [-0.2, -0.15) is 0 Å². The van der Waals surface area contributed by atoms with E-state index in [4.69, 9.17) is 23.2 Å². The number of hydrogen-bond acceptors (Lipinski definition) is 2. The second-order valence-electron chi connectivity index (χ2n) is 3.77. The van der Waals surface area contributed by atoms with Crippen molar-refractivity contribution in [3.05, 3.63) is 45.4 Å². The first-order chi connectivity index (χ1) is 7.97. The molecule has 2 nitrogen and oxygen atoms in total. The maximum absolute atomic E-state index is 13.3. The molecule has 0 saturated carbocycles. The highest BCUT2D eigenvalue weighted by molar-refractivity contribution is 6.34. The van der Waals surface area contributed by atoms with Gasteiger partial charge in [0.2, 0.25) is 0 Å². The van der Waals surface area contributed by atoms with E-state index in [0.717, 1.165) is 5.56 Å². The van der Waals surface area contributed by atoms with Gasteiger partial charge in [-0.25, -0.2) is 14.4 Å². The predicted molar refractivity (Wildman–Crippen MR) is 66.9 cm³/mol. The molecule has 17 heavy (non-hydrogen) atoms. The smallest absolute Gasteiger partial charge is 0.162 e. The third kappa shape index (κ3) is 2.56. The summed E-state index contributed by atoms with van der Waals surface area (Å²) in [6.45, 7) is 3.52. The molecule has 0 bridgehead atoms. The minimum Gasteiger partial charge on any atom is -0.216 e. The third-order valence-corrected chi connectivity index (χ3v) is 3.06. The van der Waals surface area contributed by atoms with Gasteiger partial charge in [-0.1, -0.05) is 23.2 Å². The number of halogens is 3. The predicted octanol–water partition coefficient (Wildman–Crippen LogP) is 4.21. The second kappa shape index (κ2) is 4.59. The van der Waals surface area contributed by atoms with E-state index in [1.165, 1.54) is 12.1 Å². The van der Waals surface area contributed by atoms with Crippen LogP contribution in [0, 0.1) is 19.7 Å². The molecule has 1 aromatic heterocycles. The maximum Gasteiger partial charge on any atom is 0.162 e. The molecule has 1 aromatic carbocycles. The molecule has 0 spiro atoms. The zero-order chi connectivity index (χ0) is 12.6. The van der Waals surface area contributed by atoms with Crippen LogP contribution in [-0.4, -0.2) is 9.97 Å². The molecule has 0 aliphatic carbocycles. The van der Waals surface area contributed by atoms with Gasteiger partial charge in [-0.3, -0.25) is 0 Å². The van der Waals surface area contributed by atoms with Crippen molar-refractivity contribution in [2.24, 2.45) is 0 Å². The zero-order valence-electron chi connectivity index (χ0n) is 9.26. The molecule has 1 heterocycles. The summed E-state index contributed by atoms with van der Waals surface area (Å²) in [4.78, 5) is 8.18. The van der Waals surface area contributed by atoms with Crippen LogP contribution in [0.25, 0.3) is 11.4 Å². The Labute approximate surface area is 108 Å². The number of nitrogens with zero attached hydrogens (tertiary/aromatic N) is 2. The summed E-state index contributed by atoms with van der Waals surface area (Å²) in [6.07, 6.45) is 0. The van der Waals surface area contributed by atoms with Gasteiger partial charge in [0.15, 0.2) is 5.82 Å². The fourth-order valence-corrected chi connectivity index (χ4v) is 1.85. The quantitative estimate of drug-likeness (QED) is 0.726. The minimum atomic E-state index is -0.337. The van der Waals surface area contributed by atoms with E-state index < -0.39 is 0 Å². The van der Waals surface area contributed by atoms with Gasteiger partial charge in [0.05, 0.1) is 0 Å². The molecule has 0 aliphatic heterocycles. The van der Waals surface area contributed by atoms with Crippen molar-refractivity contribution in [2.45, 2.75) is 13.8 Å². The lowest BCUT2D eigenvalue weighted by Gasteiger charge is -2.05. The molecular formula is C12H9Cl2FN2. The van der Waals surface area contributed by atoms with Crippen molar-refractivity contribution < 1.29 is 4.39 Å². The van der Waals surface area contributed by atoms with Gasteiger partial charge in [-0.05, 0) is 37.6 Å². The van der Waals surface area contributed by atoms with Crippen molar-refractivity contribution in [2.75, 3.05) is 0 Å². The number of hydrogen-bond donors (Lipinski definition) is 0. The Kier molecular flexibility index (Phi) is 3.31. The molecule has 2 aromatic rings. The molecule has 0 radical (unpaired) electrons. The summed E-state index contributed by atoms with van der Waals surface area (Å²) < 4.78 is 13.3. The average Bonchev–Trinajstić information content (AvgIpc) is 2.23. The Bertz CT molecular complexity index is 541. The Morgan fingerprint density at radius 2 is 1.59 bits per heavy atom. The highest BCUT2D eigenvalue weighted by Crippen LogP contribution is 2.25. The second-order valence-corrected chi connectivity index (χ2v) is 4.49. The topological polar surface area (TPSA) is 25.8 Å². The van der Waals surface area contributed by atoms with Gasteiger partial charge in [0, 0.05) is 11.1 Å². The number of aryl methyl sites for hydroxylation is 1. The fourth-order valence-electron chi connectivity index (χ4n) is 1.46. The SMILES string of the molecule is Cc1cc(F)cc(-c2nc(Cl)c(C)c(Cl)n2)c1. The summed E-state index contributed by atoms with van der Waals surface area (Å²) in [5.41, 5.74) is 1.97. The molecule has 0 atom stereocenters.